The monoisotopic (exact) mass is 316 g/mol. The van der Waals surface area contributed by atoms with E-state index >= 15 is 0 Å². The maximum atomic E-state index is 12.3. The van der Waals surface area contributed by atoms with Gasteiger partial charge in [0.25, 0.3) is 0 Å². The van der Waals surface area contributed by atoms with E-state index in [1.165, 1.54) is 0 Å². The molecular weight excluding hydrogens is 291 g/mol. The summed E-state index contributed by atoms with van der Waals surface area (Å²) in [5.41, 5.74) is 1.13. The number of rotatable bonds is 8. The minimum atomic E-state index is -0.779. The Morgan fingerprint density at radius 2 is 2.00 bits per heavy atom. The first-order valence-corrected chi connectivity index (χ1v) is 8.37. The van der Waals surface area contributed by atoms with Gasteiger partial charge in [-0.05, 0) is 17.9 Å². The molecule has 2 N–H and O–H groups in total. The predicted octanol–water partition coefficient (Wildman–Crippen LogP) is 0.767. The van der Waals surface area contributed by atoms with Gasteiger partial charge in [0.15, 0.2) is 0 Å². The predicted molar refractivity (Wildman–Crippen MR) is 91.9 cm³/mol. The van der Waals surface area contributed by atoms with E-state index in [1.807, 2.05) is 30.3 Å². The van der Waals surface area contributed by atoms with Crippen LogP contribution in [0.3, 0.4) is 0 Å². The van der Waals surface area contributed by atoms with E-state index in [9.17, 15) is 14.7 Å². The molecule has 1 aliphatic rings. The number of nitrogens with one attached hydrogen (secondary N) is 1. The molecule has 5 nitrogen and oxygen atoms in total. The molecule has 0 saturated carbocycles. The Kier molecular flexibility index (Phi) is 6.65. The van der Waals surface area contributed by atoms with Crippen molar-refractivity contribution in [2.75, 3.05) is 19.6 Å². The van der Waals surface area contributed by atoms with Crippen molar-refractivity contribution in [3.05, 3.63) is 35.9 Å². The minimum absolute atomic E-state index is 0.00817. The summed E-state index contributed by atoms with van der Waals surface area (Å²) in [4.78, 5) is 25.4. The fourth-order valence-electron chi connectivity index (χ4n) is 3.13. The number of hydrogen-bond donors (Lipinski definition) is 2. The number of nitrogens with zero attached hydrogens (tertiary/aromatic N) is 1. The van der Waals surface area contributed by atoms with E-state index in [0.717, 1.165) is 24.7 Å². The summed E-state index contributed by atoms with van der Waals surface area (Å²) in [5, 5.41) is 12.5. The Morgan fingerprint density at radius 3 is 2.65 bits per heavy atom. The van der Waals surface area contributed by atoms with Gasteiger partial charge >= 0.3 is 5.97 Å². The van der Waals surface area contributed by atoms with Crippen LogP contribution in [-0.4, -0.2) is 49.4 Å². The quantitative estimate of drug-likeness (QED) is 0.695. The summed E-state index contributed by atoms with van der Waals surface area (Å²) in [6.07, 6.45) is 2.95. The van der Waals surface area contributed by atoms with E-state index in [1.54, 1.807) is 4.90 Å². The molecule has 2 atom stereocenters. The van der Waals surface area contributed by atoms with Gasteiger partial charge in [-0.3, -0.25) is 9.59 Å². The molecule has 0 aliphatic carbocycles. The van der Waals surface area contributed by atoms with Crippen molar-refractivity contribution < 1.29 is 14.7 Å². The third-order valence-electron chi connectivity index (χ3n) is 4.49. The number of likely N-dealkylation sites (tertiary alicyclic amines) is 1. The normalized spacial score (nSPS) is 20.6. The van der Waals surface area contributed by atoms with Crippen molar-refractivity contribution in [2.24, 2.45) is 11.8 Å². The van der Waals surface area contributed by atoms with E-state index in [0.29, 0.717) is 19.6 Å². The lowest BCUT2D eigenvalue weighted by Gasteiger charge is -2.16. The molecule has 0 bridgehead atoms. The number of carboxylic acid groups (broad SMARTS) is 1. The summed E-state index contributed by atoms with van der Waals surface area (Å²) in [5.74, 6) is -1.12. The second-order valence-electron chi connectivity index (χ2n) is 6.23. The van der Waals surface area contributed by atoms with Gasteiger partial charge < -0.3 is 15.3 Å². The molecule has 6 heteroatoms. The van der Waals surface area contributed by atoms with Crippen LogP contribution in [0.4, 0.5) is 0 Å². The lowest BCUT2D eigenvalue weighted by atomic mass is 9.88. The number of hydrogen-bond acceptors (Lipinski definition) is 3. The fourth-order valence-corrected chi connectivity index (χ4v) is 3.13. The molecule has 124 valence electrons. The average molecular weight is 316 g/mol. The second-order valence-corrected chi connectivity index (χ2v) is 6.23. The summed E-state index contributed by atoms with van der Waals surface area (Å²) < 4.78 is 0. The van der Waals surface area contributed by atoms with Gasteiger partial charge in [-0.2, -0.15) is 0 Å². The van der Waals surface area contributed by atoms with Crippen molar-refractivity contribution >= 4 is 19.7 Å². The lowest BCUT2D eigenvalue weighted by Crippen LogP contribution is -2.37. The Morgan fingerprint density at radius 1 is 1.26 bits per heavy atom. The minimum Gasteiger partial charge on any atom is -0.481 e. The number of amides is 1. The first kappa shape index (κ1) is 17.5. The largest absolute Gasteiger partial charge is 0.481 e. The lowest BCUT2D eigenvalue weighted by molar-refractivity contribution is -0.142. The van der Waals surface area contributed by atoms with Crippen molar-refractivity contribution in [2.45, 2.75) is 25.7 Å². The van der Waals surface area contributed by atoms with Crippen molar-refractivity contribution in [1.82, 2.24) is 10.2 Å². The Hall–Kier alpha value is -1.82. The molecule has 23 heavy (non-hydrogen) atoms. The third-order valence-corrected chi connectivity index (χ3v) is 4.49. The van der Waals surface area contributed by atoms with Crippen LogP contribution in [0.1, 0.15) is 18.4 Å². The van der Waals surface area contributed by atoms with Gasteiger partial charge in [-0.15, -0.1) is 0 Å². The summed E-state index contributed by atoms with van der Waals surface area (Å²) in [7, 11) is 2.10. The van der Waals surface area contributed by atoms with Crippen LogP contribution in [0.25, 0.3) is 0 Å². The molecule has 0 radical (unpaired) electrons. The zero-order valence-corrected chi connectivity index (χ0v) is 13.7. The highest BCUT2D eigenvalue weighted by Gasteiger charge is 2.38. The number of carboxylic acids is 1. The number of carbonyl (C=O) groups excluding carboxylic acids is 1. The smallest absolute Gasteiger partial charge is 0.308 e. The Labute approximate surface area is 138 Å². The number of aliphatic carboxylic acids is 1. The van der Waals surface area contributed by atoms with Crippen molar-refractivity contribution in [1.29, 1.82) is 0 Å². The van der Waals surface area contributed by atoms with Crippen molar-refractivity contribution in [3.63, 3.8) is 0 Å². The molecule has 1 aliphatic heterocycles. The van der Waals surface area contributed by atoms with E-state index < -0.39 is 11.9 Å². The summed E-state index contributed by atoms with van der Waals surface area (Å²) >= 11 is 0. The van der Waals surface area contributed by atoms with Crippen LogP contribution in [-0.2, 0) is 16.1 Å². The number of carbonyl (C=O) groups is 2. The van der Waals surface area contributed by atoms with Crippen LogP contribution in [0.5, 0.6) is 0 Å². The van der Waals surface area contributed by atoms with Crippen molar-refractivity contribution in [3.8, 4) is 0 Å². The molecule has 1 heterocycles. The topological polar surface area (TPSA) is 69.6 Å². The van der Waals surface area contributed by atoms with Gasteiger partial charge in [0.2, 0.25) is 5.91 Å². The average Bonchev–Trinajstić information content (AvgIpc) is 2.98. The van der Waals surface area contributed by atoms with Gasteiger partial charge in [-0.1, -0.05) is 43.1 Å². The van der Waals surface area contributed by atoms with Crippen LogP contribution in [0, 0.1) is 11.8 Å². The molecule has 0 aromatic heterocycles. The second kappa shape index (κ2) is 8.72. The molecule has 0 spiro atoms. The molecule has 1 fully saturated rings. The highest BCUT2D eigenvalue weighted by molar-refractivity contribution is 6.08. The molecule has 1 aromatic carbocycles. The van der Waals surface area contributed by atoms with Crippen LogP contribution >= 0.6 is 0 Å². The molecule has 1 amide bonds. The Balaban J connectivity index is 1.81. The standard InChI is InChI=1S/C17H25BN2O3/c18-8-4-7-14-11-20(12-15(14)17(22)23)16(21)10-19-9-13-5-2-1-3-6-13/h1-3,5-6,14-15,19H,4,7-12,18H2,(H,22,23)/t14-,15+/m0/s1. The zero-order valence-electron chi connectivity index (χ0n) is 13.7. The van der Waals surface area contributed by atoms with Crippen LogP contribution < -0.4 is 5.32 Å². The van der Waals surface area contributed by atoms with Gasteiger partial charge in [0, 0.05) is 19.6 Å². The van der Waals surface area contributed by atoms with Gasteiger partial charge in [0.05, 0.1) is 12.5 Å². The van der Waals surface area contributed by atoms with E-state index in [4.69, 9.17) is 0 Å². The van der Waals surface area contributed by atoms with Gasteiger partial charge in [-0.25, -0.2) is 0 Å². The van der Waals surface area contributed by atoms with E-state index in [-0.39, 0.29) is 18.4 Å². The number of benzene rings is 1. The Bertz CT molecular complexity index is 524. The van der Waals surface area contributed by atoms with Crippen LogP contribution in [0.15, 0.2) is 30.3 Å². The zero-order chi connectivity index (χ0) is 16.7. The summed E-state index contributed by atoms with van der Waals surface area (Å²) in [6.45, 7) is 1.81. The van der Waals surface area contributed by atoms with E-state index in [2.05, 4.69) is 13.2 Å². The highest BCUT2D eigenvalue weighted by atomic mass is 16.4. The molecule has 0 unspecified atom stereocenters. The summed E-state index contributed by atoms with van der Waals surface area (Å²) in [6, 6.07) is 9.91. The molecule has 1 aromatic rings. The maximum absolute atomic E-state index is 12.3. The first-order valence-electron chi connectivity index (χ1n) is 8.37. The first-order chi connectivity index (χ1) is 11.1. The molecule has 1 saturated heterocycles. The third kappa shape index (κ3) is 5.10. The van der Waals surface area contributed by atoms with Crippen LogP contribution in [0.2, 0.25) is 6.32 Å². The SMILES string of the molecule is BCCC[C@H]1CN(C(=O)CNCc2ccccc2)C[C@H]1C(=O)O. The van der Waals surface area contributed by atoms with Gasteiger partial charge in [0.1, 0.15) is 7.85 Å². The fraction of sp³-hybridized carbons (Fsp3) is 0.529. The molecule has 2 rings (SSSR count). The highest BCUT2D eigenvalue weighted by Crippen LogP contribution is 2.28. The molecular formula is C17H25BN2O3. The maximum Gasteiger partial charge on any atom is 0.308 e.